The monoisotopic (exact) mass is 331 g/mol. The van der Waals surface area contributed by atoms with Gasteiger partial charge in [-0.1, -0.05) is 6.42 Å². The molecular formula is C18H29N5O. The second kappa shape index (κ2) is 6.84. The standard InChI is InChI=1S/C18H29N5O/c1-14-4-2-3-9-23(14)15-12-22(13-15)18-19-8-5-17(20-18)21-10-6-16(24)7-11-21/h5,8,14-16,24H,2-4,6-7,9-13H2,1H3/t14-/m1/s1. The molecule has 0 saturated carbocycles. The Morgan fingerprint density at radius 3 is 2.58 bits per heavy atom. The summed E-state index contributed by atoms with van der Waals surface area (Å²) in [5, 5.41) is 9.67. The third-order valence-electron chi connectivity index (χ3n) is 5.89. The minimum atomic E-state index is -0.148. The molecule has 24 heavy (non-hydrogen) atoms. The van der Waals surface area contributed by atoms with E-state index in [9.17, 15) is 5.11 Å². The van der Waals surface area contributed by atoms with Crippen LogP contribution in [0, 0.1) is 0 Å². The first-order valence-electron chi connectivity index (χ1n) is 9.47. The highest BCUT2D eigenvalue weighted by Gasteiger charge is 2.36. The molecule has 3 aliphatic rings. The second-order valence-electron chi connectivity index (χ2n) is 7.57. The Labute approximate surface area is 144 Å². The topological polar surface area (TPSA) is 55.7 Å². The quantitative estimate of drug-likeness (QED) is 0.906. The molecule has 6 nitrogen and oxygen atoms in total. The molecule has 0 spiro atoms. The summed E-state index contributed by atoms with van der Waals surface area (Å²) in [6.07, 6.45) is 7.45. The summed E-state index contributed by atoms with van der Waals surface area (Å²) in [6, 6.07) is 3.38. The van der Waals surface area contributed by atoms with Gasteiger partial charge in [0.15, 0.2) is 0 Å². The Balaban J connectivity index is 1.37. The van der Waals surface area contributed by atoms with E-state index in [0.717, 1.165) is 56.8 Å². The molecule has 3 saturated heterocycles. The summed E-state index contributed by atoms with van der Waals surface area (Å²) in [4.78, 5) is 16.5. The predicted octanol–water partition coefficient (Wildman–Crippen LogP) is 1.50. The van der Waals surface area contributed by atoms with Gasteiger partial charge in [-0.3, -0.25) is 4.90 Å². The third kappa shape index (κ3) is 3.22. The van der Waals surface area contributed by atoms with E-state index < -0.39 is 0 Å². The fourth-order valence-corrected chi connectivity index (χ4v) is 4.25. The Hall–Kier alpha value is -1.40. The zero-order valence-electron chi connectivity index (χ0n) is 14.6. The van der Waals surface area contributed by atoms with Gasteiger partial charge in [-0.25, -0.2) is 4.98 Å². The Kier molecular flexibility index (Phi) is 4.59. The smallest absolute Gasteiger partial charge is 0.227 e. The van der Waals surface area contributed by atoms with E-state index in [1.165, 1.54) is 25.8 Å². The van der Waals surface area contributed by atoms with E-state index in [2.05, 4.69) is 26.6 Å². The van der Waals surface area contributed by atoms with Crippen LogP contribution in [0.2, 0.25) is 0 Å². The molecule has 3 aliphatic heterocycles. The van der Waals surface area contributed by atoms with Gasteiger partial charge < -0.3 is 14.9 Å². The molecule has 0 bridgehead atoms. The summed E-state index contributed by atoms with van der Waals surface area (Å²) in [7, 11) is 0. The van der Waals surface area contributed by atoms with E-state index in [1.807, 2.05) is 12.3 Å². The van der Waals surface area contributed by atoms with Crippen molar-refractivity contribution < 1.29 is 5.11 Å². The zero-order chi connectivity index (χ0) is 16.5. The highest BCUT2D eigenvalue weighted by molar-refractivity contribution is 5.45. The molecule has 0 aliphatic carbocycles. The van der Waals surface area contributed by atoms with Crippen LogP contribution >= 0.6 is 0 Å². The lowest BCUT2D eigenvalue weighted by molar-refractivity contribution is 0.0869. The van der Waals surface area contributed by atoms with Crippen LogP contribution in [0.1, 0.15) is 39.0 Å². The van der Waals surface area contributed by atoms with Gasteiger partial charge in [-0.05, 0) is 45.2 Å². The van der Waals surface area contributed by atoms with Crippen molar-refractivity contribution in [2.75, 3.05) is 42.5 Å². The van der Waals surface area contributed by atoms with E-state index in [1.54, 1.807) is 0 Å². The Morgan fingerprint density at radius 2 is 1.83 bits per heavy atom. The van der Waals surface area contributed by atoms with Crippen molar-refractivity contribution in [1.29, 1.82) is 0 Å². The van der Waals surface area contributed by atoms with Crippen LogP contribution in [-0.2, 0) is 0 Å². The Morgan fingerprint density at radius 1 is 1.04 bits per heavy atom. The fourth-order valence-electron chi connectivity index (χ4n) is 4.25. The second-order valence-corrected chi connectivity index (χ2v) is 7.57. The number of piperidine rings is 2. The van der Waals surface area contributed by atoms with Crippen LogP contribution < -0.4 is 9.80 Å². The zero-order valence-corrected chi connectivity index (χ0v) is 14.6. The minimum absolute atomic E-state index is 0.148. The van der Waals surface area contributed by atoms with Gasteiger partial charge in [0.2, 0.25) is 5.95 Å². The van der Waals surface area contributed by atoms with Gasteiger partial charge in [-0.2, -0.15) is 4.98 Å². The molecule has 1 N–H and O–H groups in total. The first kappa shape index (κ1) is 16.1. The molecule has 132 valence electrons. The first-order chi connectivity index (χ1) is 11.7. The van der Waals surface area contributed by atoms with Crippen molar-refractivity contribution >= 4 is 11.8 Å². The van der Waals surface area contributed by atoms with Gasteiger partial charge in [0.1, 0.15) is 5.82 Å². The molecule has 0 unspecified atom stereocenters. The molecule has 0 amide bonds. The summed E-state index contributed by atoms with van der Waals surface area (Å²) in [6.45, 7) is 7.47. The number of hydrogen-bond acceptors (Lipinski definition) is 6. The number of nitrogens with zero attached hydrogens (tertiary/aromatic N) is 5. The van der Waals surface area contributed by atoms with E-state index in [4.69, 9.17) is 4.98 Å². The number of rotatable bonds is 3. The maximum atomic E-state index is 9.67. The maximum Gasteiger partial charge on any atom is 0.227 e. The van der Waals surface area contributed by atoms with Crippen LogP contribution in [-0.4, -0.2) is 70.9 Å². The summed E-state index contributed by atoms with van der Waals surface area (Å²) in [5.74, 6) is 1.86. The minimum Gasteiger partial charge on any atom is -0.393 e. The van der Waals surface area contributed by atoms with Crippen molar-refractivity contribution in [2.24, 2.45) is 0 Å². The lowest BCUT2D eigenvalue weighted by Gasteiger charge is -2.49. The molecule has 1 aromatic heterocycles. The number of likely N-dealkylation sites (tertiary alicyclic amines) is 1. The molecule has 4 heterocycles. The summed E-state index contributed by atoms with van der Waals surface area (Å²) < 4.78 is 0. The highest BCUT2D eigenvalue weighted by atomic mass is 16.3. The van der Waals surface area contributed by atoms with E-state index in [-0.39, 0.29) is 6.10 Å². The average molecular weight is 331 g/mol. The van der Waals surface area contributed by atoms with Crippen LogP contribution in [0.25, 0.3) is 0 Å². The van der Waals surface area contributed by atoms with Gasteiger partial charge in [0, 0.05) is 44.5 Å². The average Bonchev–Trinajstić information content (AvgIpc) is 2.56. The fraction of sp³-hybridized carbons (Fsp3) is 0.778. The van der Waals surface area contributed by atoms with E-state index in [0.29, 0.717) is 6.04 Å². The maximum absolute atomic E-state index is 9.67. The van der Waals surface area contributed by atoms with Crippen molar-refractivity contribution in [1.82, 2.24) is 14.9 Å². The van der Waals surface area contributed by atoms with Crippen molar-refractivity contribution in [3.63, 3.8) is 0 Å². The van der Waals surface area contributed by atoms with Crippen LogP contribution in [0.4, 0.5) is 11.8 Å². The highest BCUT2D eigenvalue weighted by Crippen LogP contribution is 2.27. The lowest BCUT2D eigenvalue weighted by atomic mass is 9.98. The molecule has 4 rings (SSSR count). The number of anilines is 2. The number of aliphatic hydroxyl groups excluding tert-OH is 1. The number of aromatic nitrogens is 2. The lowest BCUT2D eigenvalue weighted by Crippen LogP contribution is -2.62. The molecule has 1 aromatic rings. The molecule has 3 fully saturated rings. The van der Waals surface area contributed by atoms with Crippen molar-refractivity contribution in [2.45, 2.75) is 57.2 Å². The molecule has 0 radical (unpaired) electrons. The largest absolute Gasteiger partial charge is 0.393 e. The van der Waals surface area contributed by atoms with Gasteiger partial charge in [-0.15, -0.1) is 0 Å². The van der Waals surface area contributed by atoms with E-state index >= 15 is 0 Å². The molecule has 0 aromatic carbocycles. The Bertz CT molecular complexity index is 554. The third-order valence-corrected chi connectivity index (χ3v) is 5.89. The normalized spacial score (nSPS) is 27.3. The summed E-state index contributed by atoms with van der Waals surface area (Å²) in [5.41, 5.74) is 0. The molecule has 6 heteroatoms. The molecular weight excluding hydrogens is 302 g/mol. The van der Waals surface area contributed by atoms with Crippen LogP contribution in [0.5, 0.6) is 0 Å². The summed E-state index contributed by atoms with van der Waals surface area (Å²) >= 11 is 0. The number of hydrogen-bond donors (Lipinski definition) is 1. The van der Waals surface area contributed by atoms with Crippen LogP contribution in [0.15, 0.2) is 12.3 Å². The van der Waals surface area contributed by atoms with Gasteiger partial charge in [0.05, 0.1) is 6.10 Å². The van der Waals surface area contributed by atoms with Crippen molar-refractivity contribution in [3.8, 4) is 0 Å². The molecule has 1 atom stereocenters. The SMILES string of the molecule is C[C@@H]1CCCCN1C1CN(c2nccc(N3CCC(O)CC3)n2)C1. The van der Waals surface area contributed by atoms with Gasteiger partial charge in [0.25, 0.3) is 0 Å². The first-order valence-corrected chi connectivity index (χ1v) is 9.47. The van der Waals surface area contributed by atoms with Gasteiger partial charge >= 0.3 is 0 Å². The van der Waals surface area contributed by atoms with Crippen molar-refractivity contribution in [3.05, 3.63) is 12.3 Å². The number of aliphatic hydroxyl groups is 1. The van der Waals surface area contributed by atoms with Crippen LogP contribution in [0.3, 0.4) is 0 Å². The predicted molar refractivity (Wildman–Crippen MR) is 95.5 cm³/mol.